The molecular formula is C16H24N4O. The van der Waals surface area contributed by atoms with E-state index in [1.54, 1.807) is 0 Å². The monoisotopic (exact) mass is 288 g/mol. The molecule has 0 atom stereocenters. The molecule has 1 aromatic rings. The predicted molar refractivity (Wildman–Crippen MR) is 86.1 cm³/mol. The third kappa shape index (κ3) is 3.13. The average molecular weight is 288 g/mol. The summed E-state index contributed by atoms with van der Waals surface area (Å²) in [6, 6.07) is 5.87. The summed E-state index contributed by atoms with van der Waals surface area (Å²) in [5.74, 6) is 0.0993. The molecule has 2 heterocycles. The fraction of sp³-hybridized carbons (Fsp3) is 0.562. The molecule has 2 aliphatic heterocycles. The topological polar surface area (TPSA) is 47.6 Å². The van der Waals surface area contributed by atoms with E-state index in [0.29, 0.717) is 0 Å². The molecule has 1 saturated heterocycles. The van der Waals surface area contributed by atoms with Crippen molar-refractivity contribution in [3.8, 4) is 0 Å². The van der Waals surface area contributed by atoms with Crippen LogP contribution in [0.1, 0.15) is 23.2 Å². The molecule has 5 heteroatoms. The zero-order valence-corrected chi connectivity index (χ0v) is 12.7. The molecule has 0 bridgehead atoms. The van der Waals surface area contributed by atoms with Crippen molar-refractivity contribution in [2.45, 2.75) is 12.8 Å². The summed E-state index contributed by atoms with van der Waals surface area (Å²) < 4.78 is 0. The number of hydrogen-bond donors (Lipinski definition) is 2. The fourth-order valence-electron chi connectivity index (χ4n) is 3.06. The SMILES string of the molecule is CN(CCN1CCCC1)C(=O)c1cccc2c1NCCN2. The molecule has 5 nitrogen and oxygen atoms in total. The van der Waals surface area contributed by atoms with Gasteiger partial charge in [-0.2, -0.15) is 0 Å². The van der Waals surface area contributed by atoms with Gasteiger partial charge >= 0.3 is 0 Å². The molecule has 0 saturated carbocycles. The van der Waals surface area contributed by atoms with Crippen LogP contribution < -0.4 is 10.6 Å². The maximum Gasteiger partial charge on any atom is 0.255 e. The number of nitrogens with one attached hydrogen (secondary N) is 2. The van der Waals surface area contributed by atoms with Gasteiger partial charge in [-0.1, -0.05) is 6.07 Å². The Morgan fingerprint density at radius 1 is 1.24 bits per heavy atom. The van der Waals surface area contributed by atoms with E-state index in [1.165, 1.54) is 25.9 Å². The summed E-state index contributed by atoms with van der Waals surface area (Å²) in [6.07, 6.45) is 2.58. The first kappa shape index (κ1) is 14.2. The number of anilines is 2. The zero-order valence-electron chi connectivity index (χ0n) is 12.7. The fourth-order valence-corrected chi connectivity index (χ4v) is 3.06. The summed E-state index contributed by atoms with van der Waals surface area (Å²) in [5, 5.41) is 6.68. The molecule has 1 amide bonds. The quantitative estimate of drug-likeness (QED) is 0.885. The van der Waals surface area contributed by atoms with E-state index in [0.717, 1.165) is 43.1 Å². The molecule has 0 radical (unpaired) electrons. The summed E-state index contributed by atoms with van der Waals surface area (Å²) in [6.45, 7) is 5.87. The molecular weight excluding hydrogens is 264 g/mol. The third-order valence-corrected chi connectivity index (χ3v) is 4.33. The number of carbonyl (C=O) groups is 1. The average Bonchev–Trinajstić information content (AvgIpc) is 3.05. The maximum absolute atomic E-state index is 12.7. The van der Waals surface area contributed by atoms with Crippen LogP contribution in [0.15, 0.2) is 18.2 Å². The number of rotatable bonds is 4. The van der Waals surface area contributed by atoms with Crippen molar-refractivity contribution in [3.63, 3.8) is 0 Å². The van der Waals surface area contributed by atoms with Crippen molar-refractivity contribution in [1.82, 2.24) is 9.80 Å². The second-order valence-corrected chi connectivity index (χ2v) is 5.86. The van der Waals surface area contributed by atoms with Gasteiger partial charge in [0.15, 0.2) is 0 Å². The second kappa shape index (κ2) is 6.35. The molecule has 0 unspecified atom stereocenters. The van der Waals surface area contributed by atoms with E-state index in [4.69, 9.17) is 0 Å². The molecule has 2 N–H and O–H groups in total. The molecule has 0 spiro atoms. The predicted octanol–water partition coefficient (Wildman–Crippen LogP) is 1.69. The second-order valence-electron chi connectivity index (χ2n) is 5.86. The van der Waals surface area contributed by atoms with Crippen LogP contribution in [0.4, 0.5) is 11.4 Å². The van der Waals surface area contributed by atoms with Gasteiger partial charge in [0, 0.05) is 33.2 Å². The number of carbonyl (C=O) groups excluding carboxylic acids is 1. The molecule has 114 valence electrons. The lowest BCUT2D eigenvalue weighted by Crippen LogP contribution is -2.36. The highest BCUT2D eigenvalue weighted by molar-refractivity contribution is 6.02. The number of benzene rings is 1. The number of likely N-dealkylation sites (N-methyl/N-ethyl adjacent to an activating group) is 1. The van der Waals surface area contributed by atoms with Gasteiger partial charge in [-0.3, -0.25) is 4.79 Å². The zero-order chi connectivity index (χ0) is 14.7. The first-order valence-electron chi connectivity index (χ1n) is 7.84. The largest absolute Gasteiger partial charge is 0.382 e. The lowest BCUT2D eigenvalue weighted by Gasteiger charge is -2.25. The van der Waals surface area contributed by atoms with Crippen molar-refractivity contribution < 1.29 is 4.79 Å². The molecule has 1 fully saturated rings. The van der Waals surface area contributed by atoms with Gasteiger partial charge in [0.1, 0.15) is 0 Å². The van der Waals surface area contributed by atoms with E-state index in [2.05, 4.69) is 15.5 Å². The number of nitrogens with zero attached hydrogens (tertiary/aromatic N) is 2. The van der Waals surface area contributed by atoms with E-state index in [-0.39, 0.29) is 5.91 Å². The first-order chi connectivity index (χ1) is 10.3. The molecule has 0 aromatic heterocycles. The van der Waals surface area contributed by atoms with Crippen LogP contribution in [0.25, 0.3) is 0 Å². The van der Waals surface area contributed by atoms with Gasteiger partial charge in [0.05, 0.1) is 16.9 Å². The standard InChI is InChI=1S/C16H24N4O/c1-19(11-12-20-9-2-3-10-20)16(21)13-5-4-6-14-15(13)18-8-7-17-14/h4-6,17-18H,2-3,7-12H2,1H3. The number of likely N-dealkylation sites (tertiary alicyclic amines) is 1. The summed E-state index contributed by atoms with van der Waals surface area (Å²) >= 11 is 0. The van der Waals surface area contributed by atoms with Crippen LogP contribution >= 0.6 is 0 Å². The van der Waals surface area contributed by atoms with Crippen LogP contribution in [-0.4, -0.2) is 62.0 Å². The lowest BCUT2D eigenvalue weighted by atomic mass is 10.1. The van der Waals surface area contributed by atoms with Crippen molar-refractivity contribution in [1.29, 1.82) is 0 Å². The molecule has 1 aromatic carbocycles. The minimum absolute atomic E-state index is 0.0993. The van der Waals surface area contributed by atoms with Crippen LogP contribution in [0.5, 0.6) is 0 Å². The van der Waals surface area contributed by atoms with Crippen LogP contribution in [0, 0.1) is 0 Å². The Morgan fingerprint density at radius 3 is 2.81 bits per heavy atom. The minimum atomic E-state index is 0.0993. The normalized spacial score (nSPS) is 17.8. The Hall–Kier alpha value is -1.75. The highest BCUT2D eigenvalue weighted by Crippen LogP contribution is 2.29. The summed E-state index contributed by atoms with van der Waals surface area (Å²) in [7, 11) is 1.90. The van der Waals surface area contributed by atoms with Gasteiger partial charge in [-0.15, -0.1) is 0 Å². The maximum atomic E-state index is 12.7. The number of amides is 1. The van der Waals surface area contributed by atoms with Gasteiger partial charge in [-0.25, -0.2) is 0 Å². The van der Waals surface area contributed by atoms with E-state index in [9.17, 15) is 4.79 Å². The number of hydrogen-bond acceptors (Lipinski definition) is 4. The van der Waals surface area contributed by atoms with Gasteiger partial charge in [-0.05, 0) is 38.1 Å². The number of fused-ring (bicyclic) bond motifs is 1. The van der Waals surface area contributed by atoms with Gasteiger partial charge in [0.2, 0.25) is 0 Å². The first-order valence-corrected chi connectivity index (χ1v) is 7.84. The van der Waals surface area contributed by atoms with Gasteiger partial charge < -0.3 is 20.4 Å². The molecule has 0 aliphatic carbocycles. The Labute approximate surface area is 126 Å². The van der Waals surface area contributed by atoms with Crippen LogP contribution in [0.3, 0.4) is 0 Å². The minimum Gasteiger partial charge on any atom is -0.382 e. The van der Waals surface area contributed by atoms with Gasteiger partial charge in [0.25, 0.3) is 5.91 Å². The molecule has 21 heavy (non-hydrogen) atoms. The smallest absolute Gasteiger partial charge is 0.255 e. The Morgan fingerprint density at radius 2 is 2.00 bits per heavy atom. The van der Waals surface area contributed by atoms with Crippen LogP contribution in [-0.2, 0) is 0 Å². The third-order valence-electron chi connectivity index (χ3n) is 4.33. The van der Waals surface area contributed by atoms with E-state index >= 15 is 0 Å². The lowest BCUT2D eigenvalue weighted by molar-refractivity contribution is 0.0783. The van der Waals surface area contributed by atoms with Crippen LogP contribution in [0.2, 0.25) is 0 Å². The highest BCUT2D eigenvalue weighted by atomic mass is 16.2. The highest BCUT2D eigenvalue weighted by Gasteiger charge is 2.20. The summed E-state index contributed by atoms with van der Waals surface area (Å²) in [5.41, 5.74) is 2.74. The Bertz CT molecular complexity index is 511. The van der Waals surface area contributed by atoms with Crippen molar-refractivity contribution in [3.05, 3.63) is 23.8 Å². The Balaban J connectivity index is 1.66. The van der Waals surface area contributed by atoms with E-state index in [1.807, 2.05) is 30.1 Å². The molecule has 2 aliphatic rings. The molecule has 3 rings (SSSR count). The van der Waals surface area contributed by atoms with E-state index < -0.39 is 0 Å². The number of para-hydroxylation sites is 1. The van der Waals surface area contributed by atoms with Crippen molar-refractivity contribution >= 4 is 17.3 Å². The van der Waals surface area contributed by atoms with Crippen molar-refractivity contribution in [2.24, 2.45) is 0 Å². The summed E-state index contributed by atoms with van der Waals surface area (Å²) in [4.78, 5) is 16.9. The van der Waals surface area contributed by atoms with Crippen molar-refractivity contribution in [2.75, 3.05) is 56.9 Å². The Kier molecular flexibility index (Phi) is 4.29.